The highest BCUT2D eigenvalue weighted by Gasteiger charge is 2.38. The summed E-state index contributed by atoms with van der Waals surface area (Å²) in [5, 5.41) is 16.4. The highest BCUT2D eigenvalue weighted by Crippen LogP contribution is 2.48. The minimum atomic E-state index is -4.63. The van der Waals surface area contributed by atoms with Crippen molar-refractivity contribution in [1.82, 2.24) is 10.2 Å². The van der Waals surface area contributed by atoms with Crippen LogP contribution in [0.4, 0.5) is 13.2 Å². The molecule has 0 bridgehead atoms. The monoisotopic (exact) mass is 362 g/mol. The Kier molecular flexibility index (Phi) is 3.75. The van der Waals surface area contributed by atoms with Crippen molar-refractivity contribution < 1.29 is 27.8 Å². The number of aromatic hydroxyl groups is 1. The predicted molar refractivity (Wildman–Crippen MR) is 87.1 cm³/mol. The van der Waals surface area contributed by atoms with Gasteiger partial charge >= 0.3 is 6.18 Å². The molecule has 5 nitrogen and oxygen atoms in total. The molecule has 0 aliphatic carbocycles. The Morgan fingerprint density at radius 2 is 1.73 bits per heavy atom. The van der Waals surface area contributed by atoms with Crippen molar-refractivity contribution in [1.29, 1.82) is 0 Å². The Morgan fingerprint density at radius 1 is 1.00 bits per heavy atom. The molecule has 134 valence electrons. The number of aromatic amines is 1. The standard InChI is InChI=1S/C18H13F3N2O3/c19-18(20,21)17-13(10-4-2-1-3-5-10)14(22-23-17)11-6-7-12-16(15(11)24)26-9-8-25-12/h1-7,24H,8-9H2,(H,22,23). The third-order valence-corrected chi connectivity index (χ3v) is 4.05. The van der Waals surface area contributed by atoms with Gasteiger partial charge in [-0.1, -0.05) is 30.3 Å². The van der Waals surface area contributed by atoms with Crippen LogP contribution in [0, 0.1) is 0 Å². The maximum absolute atomic E-state index is 13.5. The molecule has 0 unspecified atom stereocenters. The van der Waals surface area contributed by atoms with Crippen molar-refractivity contribution in [3.63, 3.8) is 0 Å². The zero-order chi connectivity index (χ0) is 18.3. The fourth-order valence-electron chi connectivity index (χ4n) is 2.92. The number of phenolic OH excluding ortho intramolecular Hbond substituents is 1. The number of halogens is 3. The largest absolute Gasteiger partial charge is 0.504 e. The van der Waals surface area contributed by atoms with Gasteiger partial charge in [-0.3, -0.25) is 5.10 Å². The van der Waals surface area contributed by atoms with Crippen LogP contribution in [0.5, 0.6) is 17.2 Å². The molecule has 26 heavy (non-hydrogen) atoms. The number of alkyl halides is 3. The van der Waals surface area contributed by atoms with Crippen molar-refractivity contribution in [3.8, 4) is 39.6 Å². The first kappa shape index (κ1) is 16.3. The van der Waals surface area contributed by atoms with Crippen molar-refractivity contribution in [2.45, 2.75) is 6.18 Å². The van der Waals surface area contributed by atoms with Gasteiger partial charge in [0, 0.05) is 11.1 Å². The maximum Gasteiger partial charge on any atom is 0.433 e. The van der Waals surface area contributed by atoms with E-state index in [2.05, 4.69) is 10.2 Å². The van der Waals surface area contributed by atoms with Crippen LogP contribution in [0.1, 0.15) is 5.69 Å². The molecule has 4 rings (SSSR count). The average Bonchev–Trinajstić information content (AvgIpc) is 3.08. The van der Waals surface area contributed by atoms with Gasteiger partial charge in [0.05, 0.1) is 0 Å². The van der Waals surface area contributed by atoms with E-state index in [-0.39, 0.29) is 34.9 Å². The van der Waals surface area contributed by atoms with Crippen LogP contribution in [0.2, 0.25) is 0 Å². The minimum absolute atomic E-state index is 0.0157. The Morgan fingerprint density at radius 3 is 2.46 bits per heavy atom. The van der Waals surface area contributed by atoms with Gasteiger partial charge in [0.1, 0.15) is 24.6 Å². The third kappa shape index (κ3) is 2.63. The molecule has 0 saturated heterocycles. The van der Waals surface area contributed by atoms with E-state index in [0.717, 1.165) is 0 Å². The van der Waals surface area contributed by atoms with Crippen LogP contribution < -0.4 is 9.47 Å². The van der Waals surface area contributed by atoms with Gasteiger partial charge in [0.15, 0.2) is 11.5 Å². The molecule has 0 radical (unpaired) electrons. The number of phenols is 1. The van der Waals surface area contributed by atoms with Crippen LogP contribution in [0.3, 0.4) is 0 Å². The number of nitrogens with one attached hydrogen (secondary N) is 1. The van der Waals surface area contributed by atoms with Gasteiger partial charge < -0.3 is 14.6 Å². The highest BCUT2D eigenvalue weighted by atomic mass is 19.4. The molecule has 2 heterocycles. The zero-order valence-corrected chi connectivity index (χ0v) is 13.3. The molecular formula is C18H13F3N2O3. The van der Waals surface area contributed by atoms with Crippen molar-refractivity contribution >= 4 is 0 Å². The minimum Gasteiger partial charge on any atom is -0.504 e. The average molecular weight is 362 g/mol. The molecule has 0 atom stereocenters. The molecule has 8 heteroatoms. The van der Waals surface area contributed by atoms with Crippen LogP contribution in [-0.2, 0) is 6.18 Å². The van der Waals surface area contributed by atoms with Gasteiger partial charge in [-0.05, 0) is 17.7 Å². The predicted octanol–water partition coefficient (Wildman–Crippen LogP) is 4.24. The van der Waals surface area contributed by atoms with E-state index < -0.39 is 11.9 Å². The molecular weight excluding hydrogens is 349 g/mol. The molecule has 0 saturated carbocycles. The Balaban J connectivity index is 1.95. The van der Waals surface area contributed by atoms with E-state index in [4.69, 9.17) is 9.47 Å². The summed E-state index contributed by atoms with van der Waals surface area (Å²) in [4.78, 5) is 0. The molecule has 2 N–H and O–H groups in total. The van der Waals surface area contributed by atoms with Crippen molar-refractivity contribution in [2.24, 2.45) is 0 Å². The SMILES string of the molecule is Oc1c(-c2n[nH]c(C(F)(F)F)c2-c2ccccc2)ccc2c1OCCO2. The van der Waals surface area contributed by atoms with E-state index in [1.807, 2.05) is 0 Å². The van der Waals surface area contributed by atoms with E-state index in [0.29, 0.717) is 17.9 Å². The number of fused-ring (bicyclic) bond motifs is 1. The number of benzene rings is 2. The lowest BCUT2D eigenvalue weighted by Crippen LogP contribution is -2.15. The van der Waals surface area contributed by atoms with Gasteiger partial charge in [-0.25, -0.2) is 0 Å². The Labute approximate surface area is 146 Å². The molecule has 3 aromatic rings. The topological polar surface area (TPSA) is 67.4 Å². The molecule has 1 aliphatic rings. The normalized spacial score (nSPS) is 13.7. The molecule has 1 aromatic heterocycles. The lowest BCUT2D eigenvalue weighted by Gasteiger charge is -2.20. The number of hydrogen-bond donors (Lipinski definition) is 2. The summed E-state index contributed by atoms with van der Waals surface area (Å²) in [6, 6.07) is 11.1. The smallest absolute Gasteiger partial charge is 0.433 e. The van der Waals surface area contributed by atoms with Gasteiger partial charge in [0.2, 0.25) is 5.75 Å². The highest BCUT2D eigenvalue weighted by molar-refractivity contribution is 5.87. The first-order chi connectivity index (χ1) is 12.5. The lowest BCUT2D eigenvalue weighted by atomic mass is 9.97. The van der Waals surface area contributed by atoms with E-state index in [1.54, 1.807) is 36.4 Å². The van der Waals surface area contributed by atoms with Gasteiger partial charge in [-0.15, -0.1) is 0 Å². The van der Waals surface area contributed by atoms with Gasteiger partial charge in [0.25, 0.3) is 0 Å². The summed E-state index contributed by atoms with van der Waals surface area (Å²) in [6.07, 6.45) is -4.63. The first-order valence-corrected chi connectivity index (χ1v) is 7.79. The Hall–Kier alpha value is -3.16. The number of rotatable bonds is 2. The summed E-state index contributed by atoms with van der Waals surface area (Å²) in [5.41, 5.74) is -0.672. The number of nitrogens with zero attached hydrogens (tertiary/aromatic N) is 1. The van der Waals surface area contributed by atoms with E-state index >= 15 is 0 Å². The Bertz CT molecular complexity index is 952. The number of aromatic nitrogens is 2. The molecule has 0 fully saturated rings. The van der Waals surface area contributed by atoms with Crippen LogP contribution >= 0.6 is 0 Å². The van der Waals surface area contributed by atoms with Crippen molar-refractivity contribution in [2.75, 3.05) is 13.2 Å². The second kappa shape index (κ2) is 5.98. The number of ether oxygens (including phenoxy) is 2. The molecule has 2 aromatic carbocycles. The summed E-state index contributed by atoms with van der Waals surface area (Å²) < 4.78 is 51.2. The lowest BCUT2D eigenvalue weighted by molar-refractivity contribution is -0.140. The number of hydrogen-bond acceptors (Lipinski definition) is 4. The summed E-state index contributed by atoms with van der Waals surface area (Å²) in [7, 11) is 0. The van der Waals surface area contributed by atoms with Crippen LogP contribution in [-0.4, -0.2) is 28.5 Å². The molecule has 0 amide bonds. The summed E-state index contributed by atoms with van der Waals surface area (Å²) in [5.74, 6) is 0.134. The fourth-order valence-corrected chi connectivity index (χ4v) is 2.92. The fraction of sp³-hybridized carbons (Fsp3) is 0.167. The summed E-state index contributed by atoms with van der Waals surface area (Å²) >= 11 is 0. The van der Waals surface area contributed by atoms with Crippen LogP contribution in [0.25, 0.3) is 22.4 Å². The quantitative estimate of drug-likeness (QED) is 0.716. The zero-order valence-electron chi connectivity index (χ0n) is 13.3. The second-order valence-electron chi connectivity index (χ2n) is 5.67. The van der Waals surface area contributed by atoms with E-state index in [1.165, 1.54) is 6.07 Å². The maximum atomic E-state index is 13.5. The third-order valence-electron chi connectivity index (χ3n) is 4.05. The van der Waals surface area contributed by atoms with E-state index in [9.17, 15) is 18.3 Å². The second-order valence-corrected chi connectivity index (χ2v) is 5.67. The molecule has 0 spiro atoms. The summed E-state index contributed by atoms with van der Waals surface area (Å²) in [6.45, 7) is 0.575. The first-order valence-electron chi connectivity index (χ1n) is 7.79. The molecule has 1 aliphatic heterocycles. The number of H-pyrrole nitrogens is 1. The van der Waals surface area contributed by atoms with Crippen molar-refractivity contribution in [3.05, 3.63) is 48.2 Å². The van der Waals surface area contributed by atoms with Crippen LogP contribution in [0.15, 0.2) is 42.5 Å². The van der Waals surface area contributed by atoms with Gasteiger partial charge in [-0.2, -0.15) is 18.3 Å².